The Morgan fingerprint density at radius 1 is 0.969 bits per heavy atom. The van der Waals surface area contributed by atoms with Gasteiger partial charge in [-0.3, -0.25) is 0 Å². The Morgan fingerprint density at radius 2 is 1.69 bits per heavy atom. The van der Waals surface area contributed by atoms with Crippen molar-refractivity contribution < 1.29 is 17.9 Å². The van der Waals surface area contributed by atoms with E-state index in [1.165, 1.54) is 23.5 Å². The van der Waals surface area contributed by atoms with Crippen molar-refractivity contribution in [2.45, 2.75) is 11.8 Å². The Kier molecular flexibility index (Phi) is 6.50. The fraction of sp³-hybridized carbons (Fsp3) is 0.273. The highest BCUT2D eigenvalue weighted by atomic mass is 35.5. The number of para-hydroxylation sites is 1. The summed E-state index contributed by atoms with van der Waals surface area (Å²) < 4.78 is 38.5. The summed E-state index contributed by atoms with van der Waals surface area (Å²) in [6.07, 6.45) is 0. The summed E-state index contributed by atoms with van der Waals surface area (Å²) >= 11 is 6.12. The van der Waals surface area contributed by atoms with Crippen molar-refractivity contribution in [2.24, 2.45) is 0 Å². The van der Waals surface area contributed by atoms with Crippen molar-refractivity contribution in [3.8, 4) is 17.4 Å². The molecular weight excluding hydrogens is 452 g/mol. The van der Waals surface area contributed by atoms with Crippen molar-refractivity contribution in [2.75, 3.05) is 38.2 Å². The molecule has 32 heavy (non-hydrogen) atoms. The molecule has 3 aromatic rings. The zero-order chi connectivity index (χ0) is 22.7. The Morgan fingerprint density at radius 3 is 2.34 bits per heavy atom. The van der Waals surface area contributed by atoms with Gasteiger partial charge in [-0.1, -0.05) is 29.8 Å². The number of ether oxygens (including phenoxy) is 2. The van der Waals surface area contributed by atoms with Gasteiger partial charge in [0, 0.05) is 32.2 Å². The van der Waals surface area contributed by atoms with E-state index in [0.29, 0.717) is 55.2 Å². The lowest BCUT2D eigenvalue weighted by Gasteiger charge is -2.34. The molecule has 1 fully saturated rings. The summed E-state index contributed by atoms with van der Waals surface area (Å²) in [7, 11) is -2.18. The van der Waals surface area contributed by atoms with E-state index in [-0.39, 0.29) is 9.92 Å². The molecule has 0 aliphatic carbocycles. The van der Waals surface area contributed by atoms with Crippen molar-refractivity contribution in [3.05, 3.63) is 65.4 Å². The number of hydrogen-bond acceptors (Lipinski definition) is 7. The van der Waals surface area contributed by atoms with E-state index in [0.717, 1.165) is 0 Å². The van der Waals surface area contributed by atoms with Crippen LogP contribution in [0.1, 0.15) is 5.82 Å². The van der Waals surface area contributed by atoms with Crippen LogP contribution in [-0.2, 0) is 10.0 Å². The normalized spacial score (nSPS) is 14.9. The fourth-order valence-corrected chi connectivity index (χ4v) is 5.23. The van der Waals surface area contributed by atoms with Crippen LogP contribution in [0.5, 0.6) is 17.4 Å². The first-order valence-corrected chi connectivity index (χ1v) is 11.9. The van der Waals surface area contributed by atoms with E-state index in [9.17, 15) is 8.42 Å². The highest BCUT2D eigenvalue weighted by Gasteiger charge is 2.29. The van der Waals surface area contributed by atoms with Gasteiger partial charge in [-0.15, -0.1) is 0 Å². The first-order valence-electron chi connectivity index (χ1n) is 10.0. The van der Waals surface area contributed by atoms with Gasteiger partial charge in [0.15, 0.2) is 0 Å². The molecule has 2 heterocycles. The number of piperazine rings is 1. The molecule has 0 saturated carbocycles. The van der Waals surface area contributed by atoms with Crippen molar-refractivity contribution in [1.82, 2.24) is 14.3 Å². The first kappa shape index (κ1) is 22.3. The van der Waals surface area contributed by atoms with Crippen molar-refractivity contribution in [1.29, 1.82) is 0 Å². The van der Waals surface area contributed by atoms with E-state index in [4.69, 9.17) is 21.1 Å². The number of rotatable bonds is 6. The van der Waals surface area contributed by atoms with Crippen LogP contribution in [-0.4, -0.2) is 56.0 Å². The van der Waals surface area contributed by atoms with Gasteiger partial charge < -0.3 is 14.4 Å². The number of sulfonamides is 1. The lowest BCUT2D eigenvalue weighted by Crippen LogP contribution is -2.49. The van der Waals surface area contributed by atoms with Gasteiger partial charge in [-0.25, -0.2) is 13.4 Å². The number of halogens is 1. The van der Waals surface area contributed by atoms with Gasteiger partial charge in [0.2, 0.25) is 15.9 Å². The van der Waals surface area contributed by atoms with E-state index in [1.807, 2.05) is 35.2 Å². The fourth-order valence-electron chi connectivity index (χ4n) is 3.46. The number of hydrogen-bond donors (Lipinski definition) is 0. The summed E-state index contributed by atoms with van der Waals surface area (Å²) in [6, 6.07) is 15.7. The predicted octanol–water partition coefficient (Wildman–Crippen LogP) is 3.75. The van der Waals surface area contributed by atoms with Gasteiger partial charge in [0.1, 0.15) is 23.1 Å². The third-order valence-electron chi connectivity index (χ3n) is 5.09. The summed E-state index contributed by atoms with van der Waals surface area (Å²) in [5.74, 6) is 2.85. The molecule has 1 aliphatic heterocycles. The van der Waals surface area contributed by atoms with E-state index >= 15 is 0 Å². The largest absolute Gasteiger partial charge is 0.495 e. The molecular formula is C22H23ClN4O4S. The van der Waals surface area contributed by atoms with E-state index < -0.39 is 10.0 Å². The van der Waals surface area contributed by atoms with Gasteiger partial charge in [0.05, 0.1) is 17.0 Å². The Hall–Kier alpha value is -2.88. The molecule has 1 saturated heterocycles. The lowest BCUT2D eigenvalue weighted by molar-refractivity contribution is 0.382. The summed E-state index contributed by atoms with van der Waals surface area (Å²) in [5.41, 5.74) is 0. The second kappa shape index (κ2) is 9.32. The molecule has 0 atom stereocenters. The molecule has 0 spiro atoms. The summed E-state index contributed by atoms with van der Waals surface area (Å²) in [4.78, 5) is 11.0. The zero-order valence-electron chi connectivity index (χ0n) is 17.7. The van der Waals surface area contributed by atoms with Crippen LogP contribution >= 0.6 is 11.6 Å². The minimum atomic E-state index is -3.66. The molecule has 4 rings (SSSR count). The first-order chi connectivity index (χ1) is 15.4. The molecule has 0 N–H and O–H groups in total. The van der Waals surface area contributed by atoms with Crippen LogP contribution in [0.3, 0.4) is 0 Å². The molecule has 2 aromatic carbocycles. The highest BCUT2D eigenvalue weighted by Crippen LogP contribution is 2.29. The Labute approximate surface area is 192 Å². The topological polar surface area (TPSA) is 84.9 Å². The third kappa shape index (κ3) is 4.79. The standard InChI is InChI=1S/C22H23ClN4O4S/c1-16-24-21(15-22(25-16)31-17-6-4-3-5-7-17)26-10-12-27(13-11-26)32(28,29)18-8-9-20(30-2)19(23)14-18/h3-9,14-15H,10-13H2,1-2H3. The molecule has 0 amide bonds. The molecule has 0 unspecified atom stereocenters. The maximum atomic E-state index is 13.1. The summed E-state index contributed by atoms with van der Waals surface area (Å²) in [5, 5.41) is 0.259. The van der Waals surface area contributed by atoms with Crippen LogP contribution < -0.4 is 14.4 Å². The number of anilines is 1. The van der Waals surface area contributed by atoms with Gasteiger partial charge in [-0.2, -0.15) is 9.29 Å². The van der Waals surface area contributed by atoms with Crippen LogP contribution in [0.15, 0.2) is 59.5 Å². The Balaban J connectivity index is 1.47. The zero-order valence-corrected chi connectivity index (χ0v) is 19.3. The van der Waals surface area contributed by atoms with Crippen LogP contribution in [0.2, 0.25) is 5.02 Å². The number of aryl methyl sites for hydroxylation is 1. The number of aromatic nitrogens is 2. The molecule has 0 radical (unpaired) electrons. The minimum absolute atomic E-state index is 0.146. The van der Waals surface area contributed by atoms with Crippen LogP contribution in [0, 0.1) is 6.92 Å². The minimum Gasteiger partial charge on any atom is -0.495 e. The van der Waals surface area contributed by atoms with Crippen molar-refractivity contribution >= 4 is 27.4 Å². The van der Waals surface area contributed by atoms with E-state index in [2.05, 4.69) is 9.97 Å². The maximum Gasteiger partial charge on any atom is 0.243 e. The molecule has 0 bridgehead atoms. The average molecular weight is 475 g/mol. The lowest BCUT2D eigenvalue weighted by atomic mass is 10.3. The van der Waals surface area contributed by atoms with Gasteiger partial charge in [-0.05, 0) is 37.3 Å². The van der Waals surface area contributed by atoms with E-state index in [1.54, 1.807) is 19.1 Å². The van der Waals surface area contributed by atoms with Gasteiger partial charge >= 0.3 is 0 Å². The quantitative estimate of drug-likeness (QED) is 0.537. The number of nitrogens with zero attached hydrogens (tertiary/aromatic N) is 4. The predicted molar refractivity (Wildman–Crippen MR) is 122 cm³/mol. The number of benzene rings is 2. The highest BCUT2D eigenvalue weighted by molar-refractivity contribution is 7.89. The van der Waals surface area contributed by atoms with Crippen LogP contribution in [0.4, 0.5) is 5.82 Å². The molecule has 168 valence electrons. The smallest absolute Gasteiger partial charge is 0.243 e. The monoisotopic (exact) mass is 474 g/mol. The second-order valence-corrected chi connectivity index (χ2v) is 9.56. The van der Waals surface area contributed by atoms with Gasteiger partial charge in [0.25, 0.3) is 0 Å². The molecule has 10 heteroatoms. The Bertz CT molecular complexity index is 1200. The molecule has 1 aromatic heterocycles. The van der Waals surface area contributed by atoms with Crippen LogP contribution in [0.25, 0.3) is 0 Å². The van der Waals surface area contributed by atoms with Crippen molar-refractivity contribution in [3.63, 3.8) is 0 Å². The molecule has 8 nitrogen and oxygen atoms in total. The second-order valence-electron chi connectivity index (χ2n) is 7.21. The third-order valence-corrected chi connectivity index (χ3v) is 7.28. The average Bonchev–Trinajstić information content (AvgIpc) is 2.79. The summed E-state index contributed by atoms with van der Waals surface area (Å²) in [6.45, 7) is 3.43. The molecule has 1 aliphatic rings. The SMILES string of the molecule is COc1ccc(S(=O)(=O)N2CCN(c3cc(Oc4ccccc4)nc(C)n3)CC2)cc1Cl. The number of methoxy groups -OCH3 is 1. The maximum absolute atomic E-state index is 13.1.